The first-order valence-electron chi connectivity index (χ1n) is 7.59. The minimum absolute atomic E-state index is 0.271. The van der Waals surface area contributed by atoms with Crippen molar-refractivity contribution >= 4 is 26.0 Å². The molecule has 1 aromatic rings. The van der Waals surface area contributed by atoms with Crippen molar-refractivity contribution < 1.29 is 12.8 Å². The maximum Gasteiger partial charge on any atom is 0.240 e. The molecular formula is C15H22BrFN2O2S. The van der Waals surface area contributed by atoms with Crippen LogP contribution in [0.3, 0.4) is 0 Å². The van der Waals surface area contributed by atoms with E-state index in [1.165, 1.54) is 0 Å². The van der Waals surface area contributed by atoms with E-state index in [-0.39, 0.29) is 4.90 Å². The van der Waals surface area contributed by atoms with Crippen LogP contribution in [0.15, 0.2) is 33.6 Å². The number of halogens is 2. The van der Waals surface area contributed by atoms with E-state index in [1.807, 2.05) is 0 Å². The lowest BCUT2D eigenvalue weighted by atomic mass is 10.2. The summed E-state index contributed by atoms with van der Waals surface area (Å²) in [7, 11) is -3.43. The summed E-state index contributed by atoms with van der Waals surface area (Å²) in [4.78, 5) is 2.41. The molecule has 1 atom stereocenters. The SMILES string of the molecule is O=S(=O)(NCCCCCN1CC[C@H](F)C1)c1cccc(Br)c1. The van der Waals surface area contributed by atoms with Crippen LogP contribution in [0, 0.1) is 0 Å². The zero-order valence-corrected chi connectivity index (χ0v) is 14.9. The van der Waals surface area contributed by atoms with Crippen LogP contribution in [0.1, 0.15) is 25.7 Å². The Morgan fingerprint density at radius 2 is 2.14 bits per heavy atom. The van der Waals surface area contributed by atoms with Gasteiger partial charge in [0, 0.05) is 24.1 Å². The molecule has 0 aromatic heterocycles. The van der Waals surface area contributed by atoms with E-state index in [1.54, 1.807) is 24.3 Å². The van der Waals surface area contributed by atoms with Gasteiger partial charge in [-0.1, -0.05) is 28.4 Å². The van der Waals surface area contributed by atoms with E-state index in [9.17, 15) is 12.8 Å². The number of likely N-dealkylation sites (tertiary alicyclic amines) is 1. The van der Waals surface area contributed by atoms with Crippen molar-refractivity contribution in [3.8, 4) is 0 Å². The third-order valence-corrected chi connectivity index (χ3v) is 5.72. The second-order valence-corrected chi connectivity index (χ2v) is 8.29. The van der Waals surface area contributed by atoms with Gasteiger partial charge in [0.25, 0.3) is 0 Å². The van der Waals surface area contributed by atoms with Crippen LogP contribution in [0.2, 0.25) is 0 Å². The zero-order valence-electron chi connectivity index (χ0n) is 12.5. The predicted molar refractivity (Wildman–Crippen MR) is 89.1 cm³/mol. The molecule has 0 aliphatic carbocycles. The van der Waals surface area contributed by atoms with Gasteiger partial charge in [0.2, 0.25) is 10.0 Å². The number of benzene rings is 1. The number of hydrogen-bond donors (Lipinski definition) is 1. The molecule has 0 unspecified atom stereocenters. The summed E-state index contributed by atoms with van der Waals surface area (Å²) in [5.74, 6) is 0. The molecule has 1 saturated heterocycles. The topological polar surface area (TPSA) is 49.4 Å². The molecule has 22 heavy (non-hydrogen) atoms. The molecule has 124 valence electrons. The quantitative estimate of drug-likeness (QED) is 0.691. The van der Waals surface area contributed by atoms with Gasteiger partial charge in [-0.05, 0) is 44.0 Å². The summed E-state index contributed by atoms with van der Waals surface area (Å²) in [6.07, 6.45) is 2.68. The van der Waals surface area contributed by atoms with Crippen LogP contribution >= 0.6 is 15.9 Å². The Hall–Kier alpha value is -0.500. The fourth-order valence-electron chi connectivity index (χ4n) is 2.55. The summed E-state index contributed by atoms with van der Waals surface area (Å²) in [5.41, 5.74) is 0. The number of nitrogens with one attached hydrogen (secondary N) is 1. The molecular weight excluding hydrogens is 371 g/mol. The Balaban J connectivity index is 1.64. The van der Waals surface area contributed by atoms with E-state index < -0.39 is 16.2 Å². The first-order valence-corrected chi connectivity index (χ1v) is 9.87. The van der Waals surface area contributed by atoms with Crippen molar-refractivity contribution in [2.75, 3.05) is 26.2 Å². The summed E-state index contributed by atoms with van der Waals surface area (Å²) < 4.78 is 40.5. The monoisotopic (exact) mass is 392 g/mol. The van der Waals surface area contributed by atoms with Gasteiger partial charge in [-0.3, -0.25) is 0 Å². The minimum atomic E-state index is -3.43. The molecule has 1 aromatic carbocycles. The second kappa shape index (κ2) is 8.38. The fraction of sp³-hybridized carbons (Fsp3) is 0.600. The van der Waals surface area contributed by atoms with Crippen molar-refractivity contribution in [2.45, 2.75) is 36.8 Å². The largest absolute Gasteiger partial charge is 0.300 e. The first-order chi connectivity index (χ1) is 10.5. The highest BCUT2D eigenvalue weighted by Gasteiger charge is 2.20. The first kappa shape index (κ1) is 17.8. The molecule has 0 saturated carbocycles. The van der Waals surface area contributed by atoms with E-state index in [2.05, 4.69) is 25.6 Å². The summed E-state index contributed by atoms with van der Waals surface area (Å²) in [6, 6.07) is 6.66. The fourth-order valence-corrected chi connectivity index (χ4v) is 4.22. The van der Waals surface area contributed by atoms with Crippen LogP contribution in [0.4, 0.5) is 4.39 Å². The zero-order chi connectivity index (χ0) is 16.0. The summed E-state index contributed by atoms with van der Waals surface area (Å²) >= 11 is 3.27. The number of rotatable bonds is 8. The normalized spacial score (nSPS) is 19.6. The van der Waals surface area contributed by atoms with Gasteiger partial charge in [-0.25, -0.2) is 17.5 Å². The van der Waals surface area contributed by atoms with E-state index in [0.29, 0.717) is 19.5 Å². The highest BCUT2D eigenvalue weighted by atomic mass is 79.9. The average molecular weight is 393 g/mol. The van der Waals surface area contributed by atoms with E-state index in [0.717, 1.165) is 36.8 Å². The molecule has 0 bridgehead atoms. The Bertz CT molecular complexity index is 583. The van der Waals surface area contributed by atoms with Crippen molar-refractivity contribution in [3.63, 3.8) is 0 Å². The summed E-state index contributed by atoms with van der Waals surface area (Å²) in [6.45, 7) is 2.73. The smallest absolute Gasteiger partial charge is 0.240 e. The van der Waals surface area contributed by atoms with Gasteiger partial charge >= 0.3 is 0 Å². The van der Waals surface area contributed by atoms with Crippen LogP contribution < -0.4 is 4.72 Å². The van der Waals surface area contributed by atoms with Gasteiger partial charge < -0.3 is 4.90 Å². The lowest BCUT2D eigenvalue weighted by Gasteiger charge is -2.14. The van der Waals surface area contributed by atoms with E-state index in [4.69, 9.17) is 0 Å². The number of nitrogens with zero attached hydrogens (tertiary/aromatic N) is 1. The maximum atomic E-state index is 13.0. The molecule has 1 fully saturated rings. The molecule has 1 aliphatic heterocycles. The number of sulfonamides is 1. The molecule has 0 spiro atoms. The third-order valence-electron chi connectivity index (χ3n) is 3.76. The maximum absolute atomic E-state index is 13.0. The van der Waals surface area contributed by atoms with Crippen molar-refractivity contribution in [2.24, 2.45) is 0 Å². The molecule has 1 heterocycles. The van der Waals surface area contributed by atoms with Gasteiger partial charge in [0.05, 0.1) is 4.90 Å². The Morgan fingerprint density at radius 1 is 1.32 bits per heavy atom. The predicted octanol–water partition coefficient (Wildman–Crippen LogP) is 2.94. The van der Waals surface area contributed by atoms with Crippen molar-refractivity contribution in [1.29, 1.82) is 0 Å². The van der Waals surface area contributed by atoms with Crippen LogP contribution in [-0.4, -0.2) is 45.7 Å². The van der Waals surface area contributed by atoms with Crippen molar-refractivity contribution in [3.05, 3.63) is 28.7 Å². The highest BCUT2D eigenvalue weighted by molar-refractivity contribution is 9.10. The molecule has 4 nitrogen and oxygen atoms in total. The van der Waals surface area contributed by atoms with E-state index >= 15 is 0 Å². The average Bonchev–Trinajstić information content (AvgIpc) is 2.88. The standard InChI is InChI=1S/C15H22BrFN2O2S/c16-13-5-4-6-15(11-13)22(20,21)18-8-2-1-3-9-19-10-7-14(17)12-19/h4-6,11,14,18H,1-3,7-10,12H2/t14-/m0/s1. The van der Waals surface area contributed by atoms with Gasteiger partial charge in [-0.15, -0.1) is 0 Å². The highest BCUT2D eigenvalue weighted by Crippen LogP contribution is 2.16. The number of hydrogen-bond acceptors (Lipinski definition) is 3. The van der Waals surface area contributed by atoms with Crippen LogP contribution in [-0.2, 0) is 10.0 Å². The van der Waals surface area contributed by atoms with Crippen molar-refractivity contribution in [1.82, 2.24) is 9.62 Å². The number of alkyl halides is 1. The lowest BCUT2D eigenvalue weighted by Crippen LogP contribution is -2.25. The van der Waals surface area contributed by atoms with Gasteiger partial charge in [-0.2, -0.15) is 0 Å². The van der Waals surface area contributed by atoms with Crippen LogP contribution in [0.25, 0.3) is 0 Å². The second-order valence-electron chi connectivity index (χ2n) is 5.60. The summed E-state index contributed by atoms with van der Waals surface area (Å²) in [5, 5.41) is 0. The molecule has 7 heteroatoms. The Kier molecular flexibility index (Phi) is 6.80. The van der Waals surface area contributed by atoms with Gasteiger partial charge in [0.1, 0.15) is 6.17 Å². The number of unbranched alkanes of at least 4 members (excludes halogenated alkanes) is 2. The molecule has 1 aliphatic rings. The molecule has 1 N–H and O–H groups in total. The lowest BCUT2D eigenvalue weighted by molar-refractivity contribution is 0.283. The van der Waals surface area contributed by atoms with Crippen LogP contribution in [0.5, 0.6) is 0 Å². The molecule has 2 rings (SSSR count). The third kappa shape index (κ3) is 5.61. The Morgan fingerprint density at radius 3 is 2.82 bits per heavy atom. The molecule has 0 radical (unpaired) electrons. The Labute approximate surface area is 140 Å². The van der Waals surface area contributed by atoms with Gasteiger partial charge in [0.15, 0.2) is 0 Å². The molecule has 0 amide bonds. The minimum Gasteiger partial charge on any atom is -0.300 e.